The van der Waals surface area contributed by atoms with Gasteiger partial charge in [0.1, 0.15) is 11.1 Å². The Morgan fingerprint density at radius 2 is 2.10 bits per heavy atom. The fraction of sp³-hybridized carbons (Fsp3) is 0.471. The van der Waals surface area contributed by atoms with Crippen LogP contribution in [0.25, 0.3) is 5.57 Å². The molecule has 0 aliphatic carbocycles. The number of hydrogen-bond donors (Lipinski definition) is 0. The Labute approximate surface area is 131 Å². The minimum absolute atomic E-state index is 0.0872. The number of alkyl halides is 1. The van der Waals surface area contributed by atoms with Crippen LogP contribution >= 0.6 is 11.6 Å². The van der Waals surface area contributed by atoms with E-state index in [2.05, 4.69) is 13.0 Å². The number of ether oxygens (including phenoxy) is 1. The Bertz CT molecular complexity index is 590. The molecule has 1 atom stereocenters. The van der Waals surface area contributed by atoms with Crippen molar-refractivity contribution in [3.05, 3.63) is 29.8 Å². The van der Waals surface area contributed by atoms with Gasteiger partial charge >= 0.3 is 0 Å². The molecule has 21 heavy (non-hydrogen) atoms. The largest absolute Gasteiger partial charge is 0.494 e. The minimum atomic E-state index is -0.560. The zero-order valence-corrected chi connectivity index (χ0v) is 14.0. The second kappa shape index (κ2) is 5.72. The van der Waals surface area contributed by atoms with Gasteiger partial charge in [-0.2, -0.15) is 0 Å². The summed E-state index contributed by atoms with van der Waals surface area (Å²) in [6.45, 7) is 10.4. The van der Waals surface area contributed by atoms with Crippen molar-refractivity contribution in [3.8, 4) is 5.75 Å². The molecule has 1 aromatic rings. The van der Waals surface area contributed by atoms with Crippen LogP contribution in [-0.2, 0) is 4.79 Å². The molecule has 4 heteroatoms. The Morgan fingerprint density at radius 1 is 1.43 bits per heavy atom. The summed E-state index contributed by atoms with van der Waals surface area (Å²) in [5.41, 5.74) is 2.65. The summed E-state index contributed by atoms with van der Waals surface area (Å²) in [6, 6.07) is 5.82. The van der Waals surface area contributed by atoms with Gasteiger partial charge in [-0.1, -0.05) is 6.08 Å². The molecule has 1 aliphatic heterocycles. The van der Waals surface area contributed by atoms with Crippen LogP contribution in [0.4, 0.5) is 5.69 Å². The lowest BCUT2D eigenvalue weighted by molar-refractivity contribution is -0.118. The number of carbonyl (C=O) groups is 1. The maximum absolute atomic E-state index is 12.5. The monoisotopic (exact) mass is 307 g/mol. The molecule has 3 nitrogen and oxygen atoms in total. The van der Waals surface area contributed by atoms with E-state index < -0.39 is 10.9 Å². The van der Waals surface area contributed by atoms with Gasteiger partial charge in [0, 0.05) is 5.56 Å². The van der Waals surface area contributed by atoms with Gasteiger partial charge in [-0.25, -0.2) is 0 Å². The van der Waals surface area contributed by atoms with Crippen LogP contribution in [-0.4, -0.2) is 23.4 Å². The van der Waals surface area contributed by atoms with Crippen LogP contribution in [0.2, 0.25) is 0 Å². The molecule has 1 heterocycles. The molecule has 0 N–H and O–H groups in total. The van der Waals surface area contributed by atoms with E-state index >= 15 is 0 Å². The van der Waals surface area contributed by atoms with Crippen molar-refractivity contribution in [3.63, 3.8) is 0 Å². The van der Waals surface area contributed by atoms with Crippen molar-refractivity contribution < 1.29 is 9.53 Å². The molecule has 114 valence electrons. The lowest BCUT2D eigenvalue weighted by Crippen LogP contribution is -2.51. The molecule has 0 fully saturated rings. The van der Waals surface area contributed by atoms with E-state index in [1.54, 1.807) is 11.8 Å². The Balaban J connectivity index is 2.57. The van der Waals surface area contributed by atoms with Gasteiger partial charge in [0.05, 0.1) is 17.8 Å². The highest BCUT2D eigenvalue weighted by atomic mass is 35.5. The van der Waals surface area contributed by atoms with Crippen molar-refractivity contribution in [2.75, 3.05) is 11.5 Å². The molecule has 0 unspecified atom stereocenters. The number of nitrogens with zero attached hydrogens (tertiary/aromatic N) is 1. The summed E-state index contributed by atoms with van der Waals surface area (Å²) >= 11 is 6.04. The number of carbonyl (C=O) groups excluding carboxylic acids is 1. The van der Waals surface area contributed by atoms with E-state index in [-0.39, 0.29) is 5.91 Å². The van der Waals surface area contributed by atoms with Gasteiger partial charge in [0.15, 0.2) is 0 Å². The summed E-state index contributed by atoms with van der Waals surface area (Å²) < 4.78 is 5.56. The second-order valence-electron chi connectivity index (χ2n) is 5.88. The topological polar surface area (TPSA) is 29.5 Å². The zero-order valence-electron chi connectivity index (χ0n) is 13.2. The second-order valence-corrected chi connectivity index (χ2v) is 6.54. The van der Waals surface area contributed by atoms with E-state index in [0.29, 0.717) is 6.61 Å². The van der Waals surface area contributed by atoms with E-state index in [1.165, 1.54) is 0 Å². The van der Waals surface area contributed by atoms with E-state index in [9.17, 15) is 4.79 Å². The van der Waals surface area contributed by atoms with Crippen LogP contribution in [0.15, 0.2) is 24.3 Å². The van der Waals surface area contributed by atoms with Gasteiger partial charge in [-0.3, -0.25) is 4.79 Å². The average molecular weight is 308 g/mol. The first-order valence-corrected chi connectivity index (χ1v) is 7.66. The SMILES string of the molecule is CCOc1ccc2c(c1)C(C)=CC(C)(C)N2C(=O)[C@@H](C)Cl. The molecule has 1 aliphatic rings. The highest BCUT2D eigenvalue weighted by Gasteiger charge is 2.37. The van der Waals surface area contributed by atoms with Crippen LogP contribution in [0.3, 0.4) is 0 Å². The predicted molar refractivity (Wildman–Crippen MR) is 88.1 cm³/mol. The number of allylic oxidation sites excluding steroid dienone is 1. The molecular formula is C17H22ClNO2. The van der Waals surface area contributed by atoms with Gasteiger partial charge in [0.25, 0.3) is 0 Å². The lowest BCUT2D eigenvalue weighted by Gasteiger charge is -2.42. The minimum Gasteiger partial charge on any atom is -0.494 e. The summed E-state index contributed by atoms with van der Waals surface area (Å²) in [7, 11) is 0. The number of hydrogen-bond acceptors (Lipinski definition) is 2. The molecule has 0 spiro atoms. The third kappa shape index (κ3) is 2.93. The van der Waals surface area contributed by atoms with Crippen LogP contribution in [0.1, 0.15) is 40.2 Å². The summed E-state index contributed by atoms with van der Waals surface area (Å²) in [4.78, 5) is 14.3. The number of halogens is 1. The van der Waals surface area contributed by atoms with Gasteiger partial charge in [-0.05, 0) is 58.4 Å². The van der Waals surface area contributed by atoms with Gasteiger partial charge in [0.2, 0.25) is 5.91 Å². The normalized spacial score (nSPS) is 17.8. The fourth-order valence-electron chi connectivity index (χ4n) is 2.85. The molecule has 0 saturated carbocycles. The Morgan fingerprint density at radius 3 is 2.67 bits per heavy atom. The van der Waals surface area contributed by atoms with Crippen molar-refractivity contribution in [2.45, 2.75) is 45.5 Å². The van der Waals surface area contributed by atoms with E-state index in [1.807, 2.05) is 39.0 Å². The highest BCUT2D eigenvalue weighted by molar-refractivity contribution is 6.33. The van der Waals surface area contributed by atoms with Crippen molar-refractivity contribution in [2.24, 2.45) is 0 Å². The first kappa shape index (κ1) is 15.9. The van der Waals surface area contributed by atoms with Crippen molar-refractivity contribution in [1.29, 1.82) is 0 Å². The van der Waals surface area contributed by atoms with Crippen molar-refractivity contribution >= 4 is 28.8 Å². The van der Waals surface area contributed by atoms with Gasteiger partial charge in [-0.15, -0.1) is 11.6 Å². The number of amides is 1. The molecule has 1 aromatic carbocycles. The molecule has 0 aromatic heterocycles. The molecule has 0 saturated heterocycles. The number of benzene rings is 1. The Hall–Kier alpha value is -1.48. The quantitative estimate of drug-likeness (QED) is 0.782. The zero-order chi connectivity index (χ0) is 15.8. The number of anilines is 1. The number of fused-ring (bicyclic) bond motifs is 1. The van der Waals surface area contributed by atoms with Crippen molar-refractivity contribution in [1.82, 2.24) is 0 Å². The standard InChI is InChI=1S/C17H22ClNO2/c1-6-21-13-7-8-15-14(9-13)11(2)10-17(4,5)19(15)16(20)12(3)18/h7-10,12H,6H2,1-5H3/t12-/m1/s1. The van der Waals surface area contributed by atoms with E-state index in [4.69, 9.17) is 16.3 Å². The highest BCUT2D eigenvalue weighted by Crippen LogP contribution is 2.41. The summed E-state index contributed by atoms with van der Waals surface area (Å²) in [5.74, 6) is 0.728. The fourth-order valence-corrected chi connectivity index (χ4v) is 2.94. The smallest absolute Gasteiger partial charge is 0.245 e. The van der Waals surface area contributed by atoms with E-state index in [0.717, 1.165) is 22.6 Å². The van der Waals surface area contributed by atoms with Crippen LogP contribution in [0.5, 0.6) is 5.75 Å². The maximum atomic E-state index is 12.5. The lowest BCUT2D eigenvalue weighted by atomic mass is 9.88. The summed E-state index contributed by atoms with van der Waals surface area (Å²) in [5, 5.41) is -0.560. The molecule has 2 rings (SSSR count). The Kier molecular flexibility index (Phi) is 4.33. The van der Waals surface area contributed by atoms with Crippen LogP contribution < -0.4 is 9.64 Å². The maximum Gasteiger partial charge on any atom is 0.245 e. The molecule has 1 amide bonds. The average Bonchev–Trinajstić information content (AvgIpc) is 2.38. The molecule has 0 bridgehead atoms. The third-order valence-corrected chi connectivity index (χ3v) is 3.84. The van der Waals surface area contributed by atoms with Crippen LogP contribution in [0, 0.1) is 0 Å². The number of rotatable bonds is 3. The third-order valence-electron chi connectivity index (χ3n) is 3.65. The predicted octanol–water partition coefficient (Wildman–Crippen LogP) is 4.24. The van der Waals surface area contributed by atoms with Gasteiger partial charge < -0.3 is 9.64 Å². The molecule has 0 radical (unpaired) electrons. The molecular weight excluding hydrogens is 286 g/mol. The summed E-state index contributed by atoms with van der Waals surface area (Å²) in [6.07, 6.45) is 2.10. The first-order chi connectivity index (χ1) is 9.77. The first-order valence-electron chi connectivity index (χ1n) is 7.22.